The van der Waals surface area contributed by atoms with Gasteiger partial charge in [0.15, 0.2) is 0 Å². The molecule has 0 spiro atoms. The monoisotopic (exact) mass is 245 g/mol. The van der Waals surface area contributed by atoms with Crippen LogP contribution in [0.3, 0.4) is 0 Å². The fourth-order valence-corrected chi connectivity index (χ4v) is 2.27. The second kappa shape index (κ2) is 4.10. The standard InChI is InChI=1S/C13H15N3O2/c1-16-11-3-2-10(4-8(11)5-12(16)17)15-13(18)9-6-14-7-9/h2-4,9,14H,5-7H2,1H3,(H,15,18). The number of hydrogen-bond acceptors (Lipinski definition) is 3. The van der Waals surface area contributed by atoms with E-state index in [1.807, 2.05) is 18.2 Å². The summed E-state index contributed by atoms with van der Waals surface area (Å²) in [7, 11) is 1.77. The second-order valence-corrected chi connectivity index (χ2v) is 4.82. The summed E-state index contributed by atoms with van der Waals surface area (Å²) in [5, 5.41) is 5.96. The van der Waals surface area contributed by atoms with Crippen molar-refractivity contribution in [3.63, 3.8) is 0 Å². The number of rotatable bonds is 2. The van der Waals surface area contributed by atoms with E-state index >= 15 is 0 Å². The van der Waals surface area contributed by atoms with E-state index < -0.39 is 0 Å². The summed E-state index contributed by atoms with van der Waals surface area (Å²) in [6, 6.07) is 5.62. The summed E-state index contributed by atoms with van der Waals surface area (Å²) in [5.74, 6) is 0.214. The molecule has 2 aliphatic rings. The van der Waals surface area contributed by atoms with E-state index in [9.17, 15) is 9.59 Å². The minimum absolute atomic E-state index is 0.0476. The Hall–Kier alpha value is -1.88. The lowest BCUT2D eigenvalue weighted by atomic mass is 10.0. The molecule has 2 aliphatic heterocycles. The normalized spacial score (nSPS) is 18.5. The molecule has 0 aromatic heterocycles. The van der Waals surface area contributed by atoms with Gasteiger partial charge in [0.2, 0.25) is 11.8 Å². The molecule has 0 atom stereocenters. The van der Waals surface area contributed by atoms with Crippen LogP contribution in [-0.2, 0) is 16.0 Å². The number of anilines is 2. The van der Waals surface area contributed by atoms with Gasteiger partial charge in [-0.2, -0.15) is 0 Å². The van der Waals surface area contributed by atoms with Crippen LogP contribution < -0.4 is 15.5 Å². The average molecular weight is 245 g/mol. The van der Waals surface area contributed by atoms with Crippen LogP contribution in [0.1, 0.15) is 5.56 Å². The summed E-state index contributed by atoms with van der Waals surface area (Å²) >= 11 is 0. The lowest BCUT2D eigenvalue weighted by molar-refractivity contribution is -0.121. The third kappa shape index (κ3) is 1.76. The number of carbonyl (C=O) groups is 2. The Morgan fingerprint density at radius 1 is 1.44 bits per heavy atom. The molecule has 3 rings (SSSR count). The van der Waals surface area contributed by atoms with Gasteiger partial charge in [0.05, 0.1) is 12.3 Å². The Balaban J connectivity index is 1.77. The van der Waals surface area contributed by atoms with Crippen LogP contribution in [0.2, 0.25) is 0 Å². The van der Waals surface area contributed by atoms with Crippen molar-refractivity contribution >= 4 is 23.2 Å². The van der Waals surface area contributed by atoms with E-state index in [-0.39, 0.29) is 17.7 Å². The van der Waals surface area contributed by atoms with Crippen molar-refractivity contribution in [3.05, 3.63) is 23.8 Å². The highest BCUT2D eigenvalue weighted by Crippen LogP contribution is 2.30. The van der Waals surface area contributed by atoms with Gasteiger partial charge in [-0.25, -0.2) is 0 Å². The molecule has 0 unspecified atom stereocenters. The van der Waals surface area contributed by atoms with Crippen molar-refractivity contribution in [1.29, 1.82) is 0 Å². The zero-order valence-electron chi connectivity index (χ0n) is 10.2. The summed E-state index contributed by atoms with van der Waals surface area (Å²) in [5.41, 5.74) is 2.68. The van der Waals surface area contributed by atoms with Crippen molar-refractivity contribution in [3.8, 4) is 0 Å². The Bertz CT molecular complexity index is 523. The summed E-state index contributed by atoms with van der Waals surface area (Å²) in [6.45, 7) is 1.50. The first kappa shape index (κ1) is 11.2. The van der Waals surface area contributed by atoms with Gasteiger partial charge in [0.1, 0.15) is 0 Å². The van der Waals surface area contributed by atoms with Gasteiger partial charge in [-0.05, 0) is 23.8 Å². The van der Waals surface area contributed by atoms with Crippen molar-refractivity contribution < 1.29 is 9.59 Å². The predicted molar refractivity (Wildman–Crippen MR) is 68.5 cm³/mol. The molecule has 1 aromatic rings. The fraction of sp³-hybridized carbons (Fsp3) is 0.385. The molecule has 1 aromatic carbocycles. The number of amides is 2. The summed E-state index contributed by atoms with van der Waals surface area (Å²) in [6.07, 6.45) is 0.417. The molecular formula is C13H15N3O2. The van der Waals surface area contributed by atoms with E-state index in [1.165, 1.54) is 0 Å². The third-order valence-corrected chi connectivity index (χ3v) is 3.58. The second-order valence-electron chi connectivity index (χ2n) is 4.82. The molecule has 1 saturated heterocycles. The molecule has 0 radical (unpaired) electrons. The highest BCUT2D eigenvalue weighted by Gasteiger charge is 2.26. The number of likely N-dealkylation sites (N-methyl/N-ethyl adjacent to an activating group) is 1. The van der Waals surface area contributed by atoms with Gasteiger partial charge in [0.25, 0.3) is 0 Å². The molecule has 5 nitrogen and oxygen atoms in total. The quantitative estimate of drug-likeness (QED) is 0.791. The molecule has 0 bridgehead atoms. The number of fused-ring (bicyclic) bond motifs is 1. The van der Waals surface area contributed by atoms with E-state index in [0.29, 0.717) is 6.42 Å². The molecule has 2 N–H and O–H groups in total. The third-order valence-electron chi connectivity index (χ3n) is 3.58. The number of benzene rings is 1. The van der Waals surface area contributed by atoms with Crippen molar-refractivity contribution in [2.75, 3.05) is 30.4 Å². The Morgan fingerprint density at radius 3 is 2.89 bits per heavy atom. The number of nitrogens with one attached hydrogen (secondary N) is 2. The molecule has 1 fully saturated rings. The first-order chi connectivity index (χ1) is 8.65. The topological polar surface area (TPSA) is 61.4 Å². The van der Waals surface area contributed by atoms with Gasteiger partial charge in [-0.1, -0.05) is 0 Å². The van der Waals surface area contributed by atoms with E-state index in [0.717, 1.165) is 30.0 Å². The summed E-state index contributed by atoms with van der Waals surface area (Å²) in [4.78, 5) is 25.0. The molecule has 2 amide bonds. The lowest BCUT2D eigenvalue weighted by Gasteiger charge is -2.25. The van der Waals surface area contributed by atoms with Crippen molar-refractivity contribution in [2.45, 2.75) is 6.42 Å². The number of carbonyl (C=O) groups excluding carboxylic acids is 2. The molecule has 2 heterocycles. The zero-order chi connectivity index (χ0) is 12.7. The van der Waals surface area contributed by atoms with Gasteiger partial charge >= 0.3 is 0 Å². The molecule has 94 valence electrons. The van der Waals surface area contributed by atoms with Crippen LogP contribution in [0, 0.1) is 5.92 Å². The zero-order valence-corrected chi connectivity index (χ0v) is 10.2. The van der Waals surface area contributed by atoms with Crippen LogP contribution in [0.15, 0.2) is 18.2 Å². The van der Waals surface area contributed by atoms with Crippen LogP contribution >= 0.6 is 0 Å². The van der Waals surface area contributed by atoms with E-state index in [4.69, 9.17) is 0 Å². The largest absolute Gasteiger partial charge is 0.326 e. The Kier molecular flexibility index (Phi) is 2.56. The Labute approximate surface area is 105 Å². The SMILES string of the molecule is CN1C(=O)Cc2cc(NC(=O)C3CNC3)ccc21. The molecule has 0 saturated carbocycles. The minimum Gasteiger partial charge on any atom is -0.326 e. The maximum absolute atomic E-state index is 11.8. The average Bonchev–Trinajstić information content (AvgIpc) is 2.52. The van der Waals surface area contributed by atoms with Crippen molar-refractivity contribution in [1.82, 2.24) is 5.32 Å². The predicted octanol–water partition coefficient (Wildman–Crippen LogP) is 0.363. The lowest BCUT2D eigenvalue weighted by Crippen LogP contribution is -2.48. The van der Waals surface area contributed by atoms with Gasteiger partial charge in [-0.15, -0.1) is 0 Å². The molecule has 0 aliphatic carbocycles. The molecule has 18 heavy (non-hydrogen) atoms. The first-order valence-electron chi connectivity index (χ1n) is 6.06. The van der Waals surface area contributed by atoms with E-state index in [1.54, 1.807) is 11.9 Å². The maximum atomic E-state index is 11.8. The fourth-order valence-electron chi connectivity index (χ4n) is 2.27. The van der Waals surface area contributed by atoms with Gasteiger partial charge < -0.3 is 15.5 Å². The Morgan fingerprint density at radius 2 is 2.22 bits per heavy atom. The number of nitrogens with zero attached hydrogens (tertiary/aromatic N) is 1. The summed E-state index contributed by atoms with van der Waals surface area (Å²) < 4.78 is 0. The van der Waals surface area contributed by atoms with Crippen LogP contribution in [0.25, 0.3) is 0 Å². The number of hydrogen-bond donors (Lipinski definition) is 2. The van der Waals surface area contributed by atoms with Crippen LogP contribution in [0.5, 0.6) is 0 Å². The van der Waals surface area contributed by atoms with Crippen LogP contribution in [-0.4, -0.2) is 32.0 Å². The molecule has 5 heteroatoms. The maximum Gasteiger partial charge on any atom is 0.231 e. The highest BCUT2D eigenvalue weighted by molar-refractivity contribution is 6.02. The van der Waals surface area contributed by atoms with Crippen LogP contribution in [0.4, 0.5) is 11.4 Å². The highest BCUT2D eigenvalue weighted by atomic mass is 16.2. The smallest absolute Gasteiger partial charge is 0.231 e. The van der Waals surface area contributed by atoms with Gasteiger partial charge in [-0.3, -0.25) is 9.59 Å². The molecular weight excluding hydrogens is 230 g/mol. The van der Waals surface area contributed by atoms with Gasteiger partial charge in [0, 0.05) is 31.5 Å². The van der Waals surface area contributed by atoms with Crippen molar-refractivity contribution in [2.24, 2.45) is 5.92 Å². The van der Waals surface area contributed by atoms with E-state index in [2.05, 4.69) is 10.6 Å². The minimum atomic E-state index is 0.0476. The first-order valence-corrected chi connectivity index (χ1v) is 6.06.